The molecule has 0 spiro atoms. The van der Waals surface area contributed by atoms with E-state index < -0.39 is 0 Å². The molecule has 0 radical (unpaired) electrons. The van der Waals surface area contributed by atoms with Crippen molar-refractivity contribution in [3.05, 3.63) is 106 Å². The Morgan fingerprint density at radius 2 is 0.540 bits per heavy atom. The van der Waals surface area contributed by atoms with E-state index in [2.05, 4.69) is 161 Å². The van der Waals surface area contributed by atoms with Crippen molar-refractivity contribution in [2.75, 3.05) is 85.9 Å². The summed E-state index contributed by atoms with van der Waals surface area (Å²) in [7, 11) is 0. The molecule has 0 saturated carbocycles. The van der Waals surface area contributed by atoms with Crippen LogP contribution in [-0.4, -0.2) is 84.1 Å². The molecule has 3 aliphatic rings. The number of rotatable bonds is 9. The normalized spacial score (nSPS) is 13.0. The van der Waals surface area contributed by atoms with E-state index in [9.17, 15) is 0 Å². The lowest BCUT2D eigenvalue weighted by Crippen LogP contribution is -2.25. The van der Waals surface area contributed by atoms with Crippen molar-refractivity contribution in [2.45, 2.75) is 80.8 Å². The van der Waals surface area contributed by atoms with Crippen LogP contribution in [0.25, 0.3) is 0 Å². The van der Waals surface area contributed by atoms with Crippen molar-refractivity contribution in [1.82, 2.24) is 44.9 Å². The Kier molecular flexibility index (Phi) is 15.1. The summed E-state index contributed by atoms with van der Waals surface area (Å²) in [6.45, 7) is 20.4. The highest BCUT2D eigenvalue weighted by atomic mass is 15.3. The summed E-state index contributed by atoms with van der Waals surface area (Å²) in [4.78, 5) is 49.4. The van der Waals surface area contributed by atoms with E-state index in [0.717, 1.165) is 72.6 Å². The Morgan fingerprint density at radius 3 is 0.762 bits per heavy atom. The maximum Gasteiger partial charge on any atom is 0.231 e. The molecular weight excluding hydrogens is 793 g/mol. The van der Waals surface area contributed by atoms with Crippen LogP contribution in [0.2, 0.25) is 0 Å². The summed E-state index contributed by atoms with van der Waals surface area (Å²) < 4.78 is 0. The number of nitrogens with one attached hydrogen (secondary N) is 6. The van der Waals surface area contributed by atoms with Crippen LogP contribution in [0.1, 0.15) is 74.9 Å². The highest BCUT2D eigenvalue weighted by Crippen LogP contribution is 2.20. The van der Waals surface area contributed by atoms with Gasteiger partial charge in [0.05, 0.1) is 0 Å². The zero-order chi connectivity index (χ0) is 44.0. The van der Waals surface area contributed by atoms with Crippen LogP contribution in [0.3, 0.4) is 0 Å². The predicted molar refractivity (Wildman–Crippen MR) is 253 cm³/mol. The summed E-state index contributed by atoms with van der Waals surface area (Å²) in [5, 5.41) is 20.6. The fourth-order valence-corrected chi connectivity index (χ4v) is 7.00. The lowest BCUT2D eigenvalue weighted by molar-refractivity contribution is 0.810. The van der Waals surface area contributed by atoms with Gasteiger partial charge < -0.3 is 46.6 Å². The van der Waals surface area contributed by atoms with Crippen LogP contribution in [0.4, 0.5) is 53.5 Å². The summed E-state index contributed by atoms with van der Waals surface area (Å²) >= 11 is 0. The van der Waals surface area contributed by atoms with Gasteiger partial charge in [0, 0.05) is 78.5 Å². The van der Waals surface area contributed by atoms with Gasteiger partial charge in [-0.15, -0.1) is 0 Å². The molecule has 0 atom stereocenters. The minimum Gasteiger partial charge on any atom is -0.350 e. The Hall–Kier alpha value is -7.11. The minimum atomic E-state index is 0.497. The van der Waals surface area contributed by atoms with Gasteiger partial charge in [-0.25, -0.2) is 0 Å². The van der Waals surface area contributed by atoms with Crippen molar-refractivity contribution in [3.8, 4) is 0 Å². The Morgan fingerprint density at radius 1 is 0.317 bits per heavy atom. The summed E-state index contributed by atoms with van der Waals surface area (Å²) in [6, 6.07) is 25.2. The highest BCUT2D eigenvalue weighted by Gasteiger charge is 2.15. The molecular formula is C45H60N18. The van der Waals surface area contributed by atoms with E-state index in [-0.39, 0.29) is 0 Å². The summed E-state index contributed by atoms with van der Waals surface area (Å²) in [5.74, 6) is 4.85. The van der Waals surface area contributed by atoms with E-state index in [4.69, 9.17) is 44.9 Å². The first-order valence-electron chi connectivity index (χ1n) is 22.0. The molecule has 0 amide bonds. The van der Waals surface area contributed by atoms with E-state index in [0.29, 0.717) is 92.8 Å². The molecule has 0 unspecified atom stereocenters. The fraction of sp³-hybridized carbons (Fsp3) is 0.400. The third-order valence-electron chi connectivity index (χ3n) is 10.8. The Balaban J connectivity index is 1.17. The standard InChI is InChI=1S/C45H60N18/c1-7-61(8-2)43-55-37-46-25-31-16-20-33(21-17-31)27-48-39-53-41(59-44(57-39)62(9-3)10-4)50-29-35-14-13-15-36(24-35)30-51-42-54-40(58-45(60-42)63(11-5)12-6)49-28-34-22-18-32(19-23-34)26-47-38(52-37)56-43/h13-24H,7-12,25-30H2,1-6H3,(H2,46,47,52,55,56)(H2,48,50,53,57,59)(H2,49,51,54,58,60). The molecule has 0 fully saturated rings. The first kappa shape index (κ1) is 44.0. The summed E-state index contributed by atoms with van der Waals surface area (Å²) in [6.07, 6.45) is 0. The van der Waals surface area contributed by atoms with Gasteiger partial charge >= 0.3 is 0 Å². The van der Waals surface area contributed by atoms with Gasteiger partial charge in [-0.1, -0.05) is 72.8 Å². The van der Waals surface area contributed by atoms with Gasteiger partial charge in [0.2, 0.25) is 53.5 Å². The highest BCUT2D eigenvalue weighted by molar-refractivity contribution is 5.48. The van der Waals surface area contributed by atoms with Gasteiger partial charge in [-0.2, -0.15) is 44.9 Å². The number of fused-ring (bicyclic) bond motifs is 2. The van der Waals surface area contributed by atoms with Crippen LogP contribution in [0.5, 0.6) is 0 Å². The largest absolute Gasteiger partial charge is 0.350 e. The van der Waals surface area contributed by atoms with Crippen molar-refractivity contribution >= 4 is 53.5 Å². The van der Waals surface area contributed by atoms with Crippen molar-refractivity contribution in [3.63, 3.8) is 0 Å². The molecule has 3 aliphatic heterocycles. The lowest BCUT2D eigenvalue weighted by atomic mass is 10.1. The molecule has 63 heavy (non-hydrogen) atoms. The first-order valence-corrected chi connectivity index (χ1v) is 22.0. The number of benzene rings is 3. The maximum atomic E-state index is 4.80. The zero-order valence-electron chi connectivity index (χ0n) is 37.3. The number of hydrogen-bond donors (Lipinski definition) is 6. The predicted octanol–water partition coefficient (Wildman–Crippen LogP) is 6.77. The molecule has 0 aliphatic carbocycles. The van der Waals surface area contributed by atoms with E-state index in [1.807, 2.05) is 0 Å². The molecule has 3 aromatic heterocycles. The zero-order valence-corrected chi connectivity index (χ0v) is 37.3. The molecule has 18 nitrogen and oxygen atoms in total. The van der Waals surface area contributed by atoms with Crippen LogP contribution in [0, 0.1) is 0 Å². The van der Waals surface area contributed by atoms with Gasteiger partial charge in [0.1, 0.15) is 0 Å². The minimum absolute atomic E-state index is 0.497. The molecule has 6 N–H and O–H groups in total. The summed E-state index contributed by atoms with van der Waals surface area (Å²) in [5.41, 5.74) is 6.53. The molecule has 0 saturated heterocycles. The SMILES string of the molecule is CCN(CC)c1nc2nc(n1)NCc1ccc(cc1)CNc1nc(nc(N(CC)CC)n1)NCc1cccc(c1)CNc1nc(nc(N(CC)CC)n1)NCc1ccc(cc1)CN2. The molecule has 3 aromatic carbocycles. The Bertz CT molecular complexity index is 2210. The quantitative estimate of drug-likeness (QED) is 0.0891. The lowest BCUT2D eigenvalue weighted by Gasteiger charge is -2.20. The van der Waals surface area contributed by atoms with Crippen molar-refractivity contribution in [1.29, 1.82) is 0 Å². The van der Waals surface area contributed by atoms with Crippen molar-refractivity contribution < 1.29 is 0 Å². The first-order chi connectivity index (χ1) is 30.8. The van der Waals surface area contributed by atoms with Gasteiger partial charge in [0.15, 0.2) is 0 Å². The smallest absolute Gasteiger partial charge is 0.231 e. The maximum absolute atomic E-state index is 4.80. The van der Waals surface area contributed by atoms with E-state index in [1.54, 1.807) is 0 Å². The van der Waals surface area contributed by atoms with E-state index >= 15 is 0 Å². The van der Waals surface area contributed by atoms with E-state index in [1.165, 1.54) is 0 Å². The monoisotopic (exact) mass is 853 g/mol. The average Bonchev–Trinajstić information content (AvgIpc) is 3.32. The van der Waals surface area contributed by atoms with Crippen LogP contribution >= 0.6 is 0 Å². The molecule has 9 rings (SSSR count). The second-order valence-corrected chi connectivity index (χ2v) is 14.9. The van der Waals surface area contributed by atoms with Crippen LogP contribution in [-0.2, 0) is 39.3 Å². The fourth-order valence-electron chi connectivity index (χ4n) is 7.00. The topological polar surface area (TPSA) is 198 Å². The molecule has 12 bridgehead atoms. The number of hydrogen-bond acceptors (Lipinski definition) is 18. The molecule has 18 heteroatoms. The van der Waals surface area contributed by atoms with Crippen LogP contribution < -0.4 is 46.6 Å². The third kappa shape index (κ3) is 12.0. The third-order valence-corrected chi connectivity index (χ3v) is 10.8. The molecule has 6 heterocycles. The van der Waals surface area contributed by atoms with Gasteiger partial charge in [0.25, 0.3) is 0 Å². The van der Waals surface area contributed by atoms with Gasteiger partial charge in [-0.3, -0.25) is 0 Å². The second-order valence-electron chi connectivity index (χ2n) is 14.9. The number of nitrogens with zero attached hydrogens (tertiary/aromatic N) is 12. The molecule has 330 valence electrons. The van der Waals surface area contributed by atoms with Crippen molar-refractivity contribution in [2.24, 2.45) is 0 Å². The number of anilines is 9. The molecule has 6 aromatic rings. The van der Waals surface area contributed by atoms with Gasteiger partial charge in [-0.05, 0) is 74.9 Å². The van der Waals surface area contributed by atoms with Crippen LogP contribution in [0.15, 0.2) is 72.8 Å². The Labute approximate surface area is 370 Å². The number of aromatic nitrogens is 9. The second kappa shape index (κ2) is 21.6. The average molecular weight is 853 g/mol.